The molecule has 0 aliphatic rings. The van der Waals surface area contributed by atoms with Gasteiger partial charge in [0.05, 0.1) is 0 Å². The van der Waals surface area contributed by atoms with Crippen LogP contribution in [0.5, 0.6) is 0 Å². The van der Waals surface area contributed by atoms with E-state index in [1.807, 2.05) is 51.8 Å². The molecule has 1 N–H and O–H groups in total. The van der Waals surface area contributed by atoms with E-state index in [0.717, 1.165) is 24.5 Å². The largest absolute Gasteiger partial charge is 0.373 e. The van der Waals surface area contributed by atoms with Crippen LogP contribution in [-0.4, -0.2) is 35.4 Å². The number of hydrogen-bond donors (Lipinski definition) is 1. The first kappa shape index (κ1) is 14.5. The summed E-state index contributed by atoms with van der Waals surface area (Å²) >= 11 is 0. The van der Waals surface area contributed by atoms with E-state index in [0.29, 0.717) is 5.56 Å². The van der Waals surface area contributed by atoms with Gasteiger partial charge in [0.25, 0.3) is 5.91 Å². The molecule has 1 rings (SSSR count). The molecule has 0 aliphatic heterocycles. The fraction of sp³-hybridized carbons (Fsp3) is 0.571. The highest BCUT2D eigenvalue weighted by Crippen LogP contribution is 2.14. The standard InChI is InChI=1S/C14H23N3O/c1-6-12-8-11(9-13(15-5)16-12)14(18)17(7-2)10(3)4/h8-10H,6-7H2,1-5H3,(H,15,16). The van der Waals surface area contributed by atoms with Gasteiger partial charge in [-0.05, 0) is 39.3 Å². The molecule has 0 saturated carbocycles. The van der Waals surface area contributed by atoms with Crippen LogP contribution < -0.4 is 5.32 Å². The minimum atomic E-state index is 0.0705. The summed E-state index contributed by atoms with van der Waals surface area (Å²) in [6.07, 6.45) is 0.823. The first-order chi connectivity index (χ1) is 8.53. The highest BCUT2D eigenvalue weighted by Gasteiger charge is 2.18. The number of carbonyl (C=O) groups is 1. The highest BCUT2D eigenvalue weighted by molar-refractivity contribution is 5.95. The predicted molar refractivity (Wildman–Crippen MR) is 75.0 cm³/mol. The van der Waals surface area contributed by atoms with E-state index in [1.54, 1.807) is 0 Å². The fourth-order valence-corrected chi connectivity index (χ4v) is 1.93. The molecule has 0 saturated heterocycles. The van der Waals surface area contributed by atoms with E-state index in [2.05, 4.69) is 10.3 Å². The molecule has 0 spiro atoms. The van der Waals surface area contributed by atoms with E-state index in [9.17, 15) is 4.79 Å². The predicted octanol–water partition coefficient (Wildman–Crippen LogP) is 2.56. The lowest BCUT2D eigenvalue weighted by atomic mass is 10.1. The lowest BCUT2D eigenvalue weighted by Crippen LogP contribution is -2.36. The lowest BCUT2D eigenvalue weighted by Gasteiger charge is -2.25. The van der Waals surface area contributed by atoms with Crippen LogP contribution in [-0.2, 0) is 6.42 Å². The Morgan fingerprint density at radius 3 is 2.50 bits per heavy atom. The molecule has 0 atom stereocenters. The van der Waals surface area contributed by atoms with Crippen LogP contribution in [0.2, 0.25) is 0 Å². The molecular formula is C14H23N3O. The molecule has 0 aromatic carbocycles. The third-order valence-corrected chi connectivity index (χ3v) is 2.97. The SMILES string of the molecule is CCc1cc(C(=O)N(CC)C(C)C)cc(NC)n1. The minimum Gasteiger partial charge on any atom is -0.373 e. The monoisotopic (exact) mass is 249 g/mol. The van der Waals surface area contributed by atoms with E-state index >= 15 is 0 Å². The van der Waals surface area contributed by atoms with Crippen LogP contribution in [0.15, 0.2) is 12.1 Å². The van der Waals surface area contributed by atoms with E-state index in [-0.39, 0.29) is 11.9 Å². The number of nitrogens with zero attached hydrogens (tertiary/aromatic N) is 2. The summed E-state index contributed by atoms with van der Waals surface area (Å²) in [7, 11) is 1.82. The maximum atomic E-state index is 12.4. The van der Waals surface area contributed by atoms with Crippen LogP contribution in [0.1, 0.15) is 43.7 Å². The lowest BCUT2D eigenvalue weighted by molar-refractivity contribution is 0.0716. The van der Waals surface area contributed by atoms with Crippen molar-refractivity contribution in [3.05, 3.63) is 23.4 Å². The van der Waals surface area contributed by atoms with E-state index < -0.39 is 0 Å². The number of anilines is 1. The Labute approximate surface area is 109 Å². The van der Waals surface area contributed by atoms with Crippen molar-refractivity contribution in [3.8, 4) is 0 Å². The molecule has 4 heteroatoms. The Morgan fingerprint density at radius 1 is 1.39 bits per heavy atom. The topological polar surface area (TPSA) is 45.2 Å². The van der Waals surface area contributed by atoms with Gasteiger partial charge >= 0.3 is 0 Å². The second kappa shape index (κ2) is 6.38. The Balaban J connectivity index is 3.11. The summed E-state index contributed by atoms with van der Waals surface area (Å²) < 4.78 is 0. The van der Waals surface area contributed by atoms with Crippen LogP contribution in [0, 0.1) is 0 Å². The molecule has 0 bridgehead atoms. The molecule has 0 fully saturated rings. The minimum absolute atomic E-state index is 0.0705. The highest BCUT2D eigenvalue weighted by atomic mass is 16.2. The first-order valence-corrected chi connectivity index (χ1v) is 6.53. The van der Waals surface area contributed by atoms with Gasteiger partial charge in [-0.3, -0.25) is 4.79 Å². The number of carbonyl (C=O) groups excluding carboxylic acids is 1. The number of amides is 1. The molecule has 18 heavy (non-hydrogen) atoms. The molecule has 4 nitrogen and oxygen atoms in total. The van der Waals surface area contributed by atoms with Crippen molar-refractivity contribution >= 4 is 11.7 Å². The van der Waals surface area contributed by atoms with Crippen molar-refractivity contribution in [1.29, 1.82) is 0 Å². The zero-order chi connectivity index (χ0) is 13.7. The summed E-state index contributed by atoms with van der Waals surface area (Å²) in [5, 5.41) is 3.00. The van der Waals surface area contributed by atoms with Gasteiger partial charge in [0.15, 0.2) is 0 Å². The Bertz CT molecular complexity index is 393. The molecule has 0 aliphatic carbocycles. The summed E-state index contributed by atoms with van der Waals surface area (Å²) in [5.41, 5.74) is 1.65. The van der Waals surface area contributed by atoms with Gasteiger partial charge in [-0.2, -0.15) is 0 Å². The van der Waals surface area contributed by atoms with Gasteiger partial charge in [-0.1, -0.05) is 6.92 Å². The van der Waals surface area contributed by atoms with Gasteiger partial charge in [0.1, 0.15) is 5.82 Å². The van der Waals surface area contributed by atoms with Crippen molar-refractivity contribution in [2.45, 2.75) is 40.2 Å². The van der Waals surface area contributed by atoms with Crippen LogP contribution in [0.25, 0.3) is 0 Å². The summed E-state index contributed by atoms with van der Waals surface area (Å²) in [5.74, 6) is 0.818. The number of rotatable bonds is 5. The molecule has 1 amide bonds. The van der Waals surface area contributed by atoms with Crippen LogP contribution in [0.4, 0.5) is 5.82 Å². The number of nitrogens with one attached hydrogen (secondary N) is 1. The average molecular weight is 249 g/mol. The Kier molecular flexibility index (Phi) is 5.13. The molecular weight excluding hydrogens is 226 g/mol. The number of hydrogen-bond acceptors (Lipinski definition) is 3. The second-order valence-corrected chi connectivity index (χ2v) is 4.52. The molecule has 1 aromatic heterocycles. The number of aryl methyl sites for hydroxylation is 1. The smallest absolute Gasteiger partial charge is 0.254 e. The van der Waals surface area contributed by atoms with E-state index in [1.165, 1.54) is 0 Å². The van der Waals surface area contributed by atoms with Crippen LogP contribution >= 0.6 is 0 Å². The molecule has 1 heterocycles. The Hall–Kier alpha value is -1.58. The molecule has 1 aromatic rings. The first-order valence-electron chi connectivity index (χ1n) is 6.53. The average Bonchev–Trinajstić information content (AvgIpc) is 2.38. The third-order valence-electron chi connectivity index (χ3n) is 2.97. The second-order valence-electron chi connectivity index (χ2n) is 4.52. The van der Waals surface area contributed by atoms with Crippen molar-refractivity contribution in [3.63, 3.8) is 0 Å². The molecule has 0 unspecified atom stereocenters. The molecule has 100 valence electrons. The van der Waals surface area contributed by atoms with Crippen molar-refractivity contribution < 1.29 is 4.79 Å². The molecule has 0 radical (unpaired) electrons. The van der Waals surface area contributed by atoms with Crippen molar-refractivity contribution in [1.82, 2.24) is 9.88 Å². The summed E-state index contributed by atoms with van der Waals surface area (Å²) in [6, 6.07) is 3.90. The summed E-state index contributed by atoms with van der Waals surface area (Å²) in [4.78, 5) is 18.7. The number of pyridine rings is 1. The maximum absolute atomic E-state index is 12.4. The maximum Gasteiger partial charge on any atom is 0.254 e. The van der Waals surface area contributed by atoms with Gasteiger partial charge in [-0.15, -0.1) is 0 Å². The van der Waals surface area contributed by atoms with Crippen molar-refractivity contribution in [2.24, 2.45) is 0 Å². The zero-order valence-corrected chi connectivity index (χ0v) is 11.9. The normalized spacial score (nSPS) is 10.6. The summed E-state index contributed by atoms with van der Waals surface area (Å²) in [6.45, 7) is 8.81. The zero-order valence-electron chi connectivity index (χ0n) is 11.9. The Morgan fingerprint density at radius 2 is 2.06 bits per heavy atom. The van der Waals surface area contributed by atoms with Gasteiger partial charge in [0, 0.05) is 30.9 Å². The number of aromatic nitrogens is 1. The van der Waals surface area contributed by atoms with Gasteiger partial charge in [0.2, 0.25) is 0 Å². The fourth-order valence-electron chi connectivity index (χ4n) is 1.93. The van der Waals surface area contributed by atoms with Crippen molar-refractivity contribution in [2.75, 3.05) is 18.9 Å². The third kappa shape index (κ3) is 3.22. The van der Waals surface area contributed by atoms with Crippen LogP contribution in [0.3, 0.4) is 0 Å². The van der Waals surface area contributed by atoms with E-state index in [4.69, 9.17) is 0 Å². The quantitative estimate of drug-likeness (QED) is 0.872. The van der Waals surface area contributed by atoms with Gasteiger partial charge in [-0.25, -0.2) is 4.98 Å². The van der Waals surface area contributed by atoms with Gasteiger partial charge < -0.3 is 10.2 Å².